The predicted octanol–water partition coefficient (Wildman–Crippen LogP) is 3.49. The van der Waals surface area contributed by atoms with Crippen LogP contribution in [0.5, 0.6) is 0 Å². The van der Waals surface area contributed by atoms with E-state index in [4.69, 9.17) is 10.5 Å². The van der Waals surface area contributed by atoms with Crippen molar-refractivity contribution in [3.63, 3.8) is 0 Å². The number of carbonyl (C=O) groups is 1. The number of nitrogens with two attached hydrogens (primary N) is 1. The number of carboxylic acid groups (broad SMARTS) is 1. The number of rotatable bonds is 7. The van der Waals surface area contributed by atoms with Gasteiger partial charge < -0.3 is 15.6 Å². The molecule has 0 heterocycles. The molecule has 2 aromatic carbocycles. The third-order valence-electron chi connectivity index (χ3n) is 5.03. The molecule has 0 aromatic heterocycles. The summed E-state index contributed by atoms with van der Waals surface area (Å²) in [5, 5.41) is 9.54. The topological polar surface area (TPSA) is 72.5 Å². The standard InChI is InChI=1S/C21H25NO3/c1-2-25-15-20(19(23)24)13-21(22,14-20)12-16-8-10-18(11-9-16)17-6-4-3-5-7-17/h3-11H,2,12-15,22H2,1H3,(H,23,24)/t20-,21-. The van der Waals surface area contributed by atoms with E-state index >= 15 is 0 Å². The van der Waals surface area contributed by atoms with Gasteiger partial charge in [0.15, 0.2) is 0 Å². The molecule has 3 N–H and O–H groups in total. The van der Waals surface area contributed by atoms with Crippen molar-refractivity contribution in [2.24, 2.45) is 11.1 Å². The SMILES string of the molecule is CCOC[C@]1(C(=O)O)C[C@@](N)(Cc2ccc(-c3ccccc3)cc2)C1. The molecule has 25 heavy (non-hydrogen) atoms. The third-order valence-corrected chi connectivity index (χ3v) is 5.03. The summed E-state index contributed by atoms with van der Waals surface area (Å²) in [6.45, 7) is 2.64. The minimum absolute atomic E-state index is 0.241. The van der Waals surface area contributed by atoms with Gasteiger partial charge >= 0.3 is 5.97 Å². The van der Waals surface area contributed by atoms with Crippen LogP contribution in [0.2, 0.25) is 0 Å². The van der Waals surface area contributed by atoms with Gasteiger partial charge in [0.1, 0.15) is 0 Å². The molecular weight excluding hydrogens is 314 g/mol. The van der Waals surface area contributed by atoms with Gasteiger partial charge in [0.05, 0.1) is 12.0 Å². The monoisotopic (exact) mass is 339 g/mol. The zero-order valence-electron chi connectivity index (χ0n) is 14.6. The van der Waals surface area contributed by atoms with Gasteiger partial charge in [-0.2, -0.15) is 0 Å². The van der Waals surface area contributed by atoms with Crippen molar-refractivity contribution in [1.82, 2.24) is 0 Å². The molecule has 132 valence electrons. The molecule has 1 fully saturated rings. The number of aliphatic carboxylic acids is 1. The molecule has 0 saturated heterocycles. The summed E-state index contributed by atoms with van der Waals surface area (Å²) in [4.78, 5) is 11.6. The number of carboxylic acids is 1. The van der Waals surface area contributed by atoms with Crippen molar-refractivity contribution in [2.45, 2.75) is 31.7 Å². The summed E-state index contributed by atoms with van der Waals surface area (Å²) in [5.74, 6) is -0.804. The van der Waals surface area contributed by atoms with E-state index in [0.29, 0.717) is 25.9 Å². The smallest absolute Gasteiger partial charge is 0.312 e. The number of ether oxygens (including phenoxy) is 1. The van der Waals surface area contributed by atoms with Gasteiger partial charge in [-0.15, -0.1) is 0 Å². The Morgan fingerprint density at radius 1 is 1.08 bits per heavy atom. The van der Waals surface area contributed by atoms with Gasteiger partial charge in [-0.25, -0.2) is 0 Å². The minimum atomic E-state index is -0.825. The highest BCUT2D eigenvalue weighted by Gasteiger charge is 2.57. The van der Waals surface area contributed by atoms with E-state index in [0.717, 1.165) is 5.56 Å². The summed E-state index contributed by atoms with van der Waals surface area (Å²) in [6, 6.07) is 18.6. The van der Waals surface area contributed by atoms with Crippen LogP contribution < -0.4 is 5.73 Å². The van der Waals surface area contributed by atoms with Crippen LogP contribution in [0.3, 0.4) is 0 Å². The van der Waals surface area contributed by atoms with E-state index in [1.54, 1.807) is 0 Å². The first-order valence-corrected chi connectivity index (χ1v) is 8.71. The van der Waals surface area contributed by atoms with Crippen molar-refractivity contribution < 1.29 is 14.6 Å². The van der Waals surface area contributed by atoms with Crippen molar-refractivity contribution >= 4 is 5.97 Å². The lowest BCUT2D eigenvalue weighted by atomic mass is 9.56. The molecule has 0 aliphatic heterocycles. The van der Waals surface area contributed by atoms with E-state index in [1.807, 2.05) is 25.1 Å². The lowest BCUT2D eigenvalue weighted by Crippen LogP contribution is -2.63. The summed E-state index contributed by atoms with van der Waals surface area (Å²) >= 11 is 0. The van der Waals surface area contributed by atoms with Crippen LogP contribution in [0.15, 0.2) is 54.6 Å². The van der Waals surface area contributed by atoms with E-state index in [-0.39, 0.29) is 6.61 Å². The van der Waals surface area contributed by atoms with Gasteiger partial charge in [0.25, 0.3) is 0 Å². The molecule has 0 bridgehead atoms. The first-order valence-electron chi connectivity index (χ1n) is 8.71. The average molecular weight is 339 g/mol. The average Bonchev–Trinajstić information content (AvgIpc) is 2.59. The number of hydrogen-bond donors (Lipinski definition) is 2. The Morgan fingerprint density at radius 3 is 2.24 bits per heavy atom. The normalized spacial score (nSPS) is 25.4. The fourth-order valence-electron chi connectivity index (χ4n) is 3.89. The van der Waals surface area contributed by atoms with Crippen LogP contribution in [0, 0.1) is 5.41 Å². The highest BCUT2D eigenvalue weighted by molar-refractivity contribution is 5.77. The molecule has 1 saturated carbocycles. The van der Waals surface area contributed by atoms with Crippen molar-refractivity contribution in [3.8, 4) is 11.1 Å². The number of benzene rings is 2. The van der Waals surface area contributed by atoms with Crippen LogP contribution >= 0.6 is 0 Å². The molecule has 0 radical (unpaired) electrons. The summed E-state index contributed by atoms with van der Waals surface area (Å²) < 4.78 is 5.37. The molecule has 4 nitrogen and oxygen atoms in total. The molecule has 4 heteroatoms. The molecule has 0 amide bonds. The molecule has 0 spiro atoms. The third kappa shape index (κ3) is 3.75. The second kappa shape index (κ2) is 6.98. The Balaban J connectivity index is 1.66. The molecule has 0 unspecified atom stereocenters. The van der Waals surface area contributed by atoms with Crippen LogP contribution in [0.4, 0.5) is 0 Å². The molecule has 1 aliphatic rings. The van der Waals surface area contributed by atoms with Crippen molar-refractivity contribution in [1.29, 1.82) is 0 Å². The van der Waals surface area contributed by atoms with Crippen LogP contribution in [0.25, 0.3) is 11.1 Å². The van der Waals surface area contributed by atoms with Gasteiger partial charge in [-0.3, -0.25) is 4.79 Å². The summed E-state index contributed by atoms with van der Waals surface area (Å²) in [6.07, 6.45) is 1.59. The predicted molar refractivity (Wildman–Crippen MR) is 98.3 cm³/mol. The lowest BCUT2D eigenvalue weighted by molar-refractivity contribution is -0.166. The Labute approximate surface area is 148 Å². The van der Waals surface area contributed by atoms with E-state index < -0.39 is 16.9 Å². The Kier molecular flexibility index (Phi) is 4.93. The fraction of sp³-hybridized carbons (Fsp3) is 0.381. The molecule has 1 aliphatic carbocycles. The van der Waals surface area contributed by atoms with Gasteiger partial charge in [-0.05, 0) is 42.9 Å². The molecule has 2 aromatic rings. The molecule has 0 atom stereocenters. The highest BCUT2D eigenvalue weighted by Crippen LogP contribution is 2.49. The van der Waals surface area contributed by atoms with Crippen molar-refractivity contribution in [2.75, 3.05) is 13.2 Å². The van der Waals surface area contributed by atoms with Crippen LogP contribution in [-0.4, -0.2) is 29.8 Å². The first-order chi connectivity index (χ1) is 12.0. The Hall–Kier alpha value is -2.17. The Morgan fingerprint density at radius 2 is 1.68 bits per heavy atom. The maximum Gasteiger partial charge on any atom is 0.312 e. The first kappa shape index (κ1) is 17.6. The number of hydrogen-bond acceptors (Lipinski definition) is 3. The van der Waals surface area contributed by atoms with Gasteiger partial charge in [0, 0.05) is 12.1 Å². The minimum Gasteiger partial charge on any atom is -0.481 e. The zero-order chi connectivity index (χ0) is 17.9. The quantitative estimate of drug-likeness (QED) is 0.810. The lowest BCUT2D eigenvalue weighted by Gasteiger charge is -2.51. The van der Waals surface area contributed by atoms with Crippen LogP contribution in [-0.2, 0) is 16.0 Å². The van der Waals surface area contributed by atoms with E-state index in [1.165, 1.54) is 11.1 Å². The molecule has 3 rings (SSSR count). The largest absolute Gasteiger partial charge is 0.481 e. The fourth-order valence-corrected chi connectivity index (χ4v) is 3.89. The maximum atomic E-state index is 11.6. The second-order valence-corrected chi connectivity index (χ2v) is 7.18. The highest BCUT2D eigenvalue weighted by atomic mass is 16.5. The second-order valence-electron chi connectivity index (χ2n) is 7.18. The van der Waals surface area contributed by atoms with Crippen LogP contribution in [0.1, 0.15) is 25.3 Å². The molecular formula is C21H25NO3. The van der Waals surface area contributed by atoms with Gasteiger partial charge in [-0.1, -0.05) is 54.6 Å². The van der Waals surface area contributed by atoms with Crippen molar-refractivity contribution in [3.05, 3.63) is 60.2 Å². The summed E-state index contributed by atoms with van der Waals surface area (Å²) in [5.41, 5.74) is 8.64. The Bertz CT molecular complexity index is 719. The summed E-state index contributed by atoms with van der Waals surface area (Å²) in [7, 11) is 0. The van der Waals surface area contributed by atoms with Gasteiger partial charge in [0.2, 0.25) is 0 Å². The maximum absolute atomic E-state index is 11.6. The van der Waals surface area contributed by atoms with E-state index in [9.17, 15) is 9.90 Å². The van der Waals surface area contributed by atoms with E-state index in [2.05, 4.69) is 36.4 Å². The zero-order valence-corrected chi connectivity index (χ0v) is 14.6.